The number of hydrogen-bond acceptors (Lipinski definition) is 4. The standard InChI is InChI=1S/C23H23N3O2/c1-17(27)19-9-11-20(12-10-19)26-23(28)22-14-13-21(16-25-22)24-15-5-8-18-6-3-2-4-7-18/h2-4,6-7,9-14,16,24H,5,8,15H2,1H3,(H,26,28). The van der Waals surface area contributed by atoms with Crippen LogP contribution in [0.2, 0.25) is 0 Å². The van der Waals surface area contributed by atoms with Crippen molar-refractivity contribution in [3.63, 3.8) is 0 Å². The number of carbonyl (C=O) groups excluding carboxylic acids is 2. The van der Waals surface area contributed by atoms with Crippen LogP contribution in [-0.4, -0.2) is 23.2 Å². The van der Waals surface area contributed by atoms with E-state index in [9.17, 15) is 9.59 Å². The molecule has 1 amide bonds. The summed E-state index contributed by atoms with van der Waals surface area (Å²) in [6, 6.07) is 20.7. The monoisotopic (exact) mass is 373 g/mol. The van der Waals surface area contributed by atoms with Crippen molar-refractivity contribution in [2.45, 2.75) is 19.8 Å². The minimum atomic E-state index is -0.286. The Hall–Kier alpha value is -3.47. The summed E-state index contributed by atoms with van der Waals surface area (Å²) in [5.74, 6) is -0.294. The summed E-state index contributed by atoms with van der Waals surface area (Å²) in [4.78, 5) is 27.8. The van der Waals surface area contributed by atoms with E-state index in [1.165, 1.54) is 12.5 Å². The minimum absolute atomic E-state index is 0.00796. The largest absolute Gasteiger partial charge is 0.384 e. The van der Waals surface area contributed by atoms with Crippen molar-refractivity contribution in [2.24, 2.45) is 0 Å². The van der Waals surface area contributed by atoms with Crippen LogP contribution in [0.1, 0.15) is 39.8 Å². The smallest absolute Gasteiger partial charge is 0.274 e. The lowest BCUT2D eigenvalue weighted by molar-refractivity contribution is 0.101. The number of hydrogen-bond donors (Lipinski definition) is 2. The van der Waals surface area contributed by atoms with Crippen molar-refractivity contribution < 1.29 is 9.59 Å². The lowest BCUT2D eigenvalue weighted by Crippen LogP contribution is -2.14. The number of carbonyl (C=O) groups is 2. The number of ketones is 1. The third kappa shape index (κ3) is 5.51. The van der Waals surface area contributed by atoms with Crippen molar-refractivity contribution in [3.8, 4) is 0 Å². The minimum Gasteiger partial charge on any atom is -0.384 e. The number of pyridine rings is 1. The van der Waals surface area contributed by atoms with Crippen LogP contribution in [0.15, 0.2) is 72.9 Å². The molecule has 0 spiro atoms. The van der Waals surface area contributed by atoms with Gasteiger partial charge in [0.2, 0.25) is 0 Å². The van der Waals surface area contributed by atoms with Crippen LogP contribution in [-0.2, 0) is 6.42 Å². The molecule has 3 aromatic rings. The second-order valence-electron chi connectivity index (χ2n) is 6.54. The maximum absolute atomic E-state index is 12.3. The number of Topliss-reactive ketones (excluding diaryl/α,β-unsaturated/α-hetero) is 1. The summed E-state index contributed by atoms with van der Waals surface area (Å²) < 4.78 is 0. The first kappa shape index (κ1) is 19.3. The number of amides is 1. The number of nitrogens with one attached hydrogen (secondary N) is 2. The third-order valence-electron chi connectivity index (χ3n) is 4.36. The molecule has 28 heavy (non-hydrogen) atoms. The Bertz CT molecular complexity index is 920. The Morgan fingerprint density at radius 2 is 1.61 bits per heavy atom. The average Bonchev–Trinajstić information content (AvgIpc) is 2.73. The van der Waals surface area contributed by atoms with Crippen molar-refractivity contribution in [3.05, 3.63) is 89.7 Å². The Kier molecular flexibility index (Phi) is 6.52. The van der Waals surface area contributed by atoms with E-state index < -0.39 is 0 Å². The van der Waals surface area contributed by atoms with E-state index in [1.54, 1.807) is 36.5 Å². The van der Waals surface area contributed by atoms with Crippen LogP contribution in [0.5, 0.6) is 0 Å². The molecule has 0 unspecified atom stereocenters. The summed E-state index contributed by atoms with van der Waals surface area (Å²) in [6.45, 7) is 2.35. The Morgan fingerprint density at radius 3 is 2.25 bits per heavy atom. The molecule has 0 aliphatic heterocycles. The van der Waals surface area contributed by atoms with Gasteiger partial charge in [0.15, 0.2) is 5.78 Å². The summed E-state index contributed by atoms with van der Waals surface area (Å²) in [5, 5.41) is 6.10. The predicted molar refractivity (Wildman–Crippen MR) is 112 cm³/mol. The van der Waals surface area contributed by atoms with Crippen LogP contribution in [0, 0.1) is 0 Å². The zero-order chi connectivity index (χ0) is 19.8. The van der Waals surface area contributed by atoms with Gasteiger partial charge in [-0.15, -0.1) is 0 Å². The van der Waals surface area contributed by atoms with Crippen LogP contribution < -0.4 is 10.6 Å². The molecule has 0 aliphatic rings. The van der Waals surface area contributed by atoms with Crippen LogP contribution in [0.3, 0.4) is 0 Å². The third-order valence-corrected chi connectivity index (χ3v) is 4.36. The fraction of sp³-hybridized carbons (Fsp3) is 0.174. The second kappa shape index (κ2) is 9.46. The fourth-order valence-electron chi connectivity index (χ4n) is 2.79. The second-order valence-corrected chi connectivity index (χ2v) is 6.54. The first-order valence-electron chi connectivity index (χ1n) is 9.28. The lowest BCUT2D eigenvalue weighted by Gasteiger charge is -2.08. The molecule has 5 nitrogen and oxygen atoms in total. The maximum Gasteiger partial charge on any atom is 0.274 e. The molecule has 0 fully saturated rings. The van der Waals surface area contributed by atoms with Crippen LogP contribution >= 0.6 is 0 Å². The summed E-state index contributed by atoms with van der Waals surface area (Å²) >= 11 is 0. The molecule has 0 saturated carbocycles. The molecule has 0 bridgehead atoms. The zero-order valence-electron chi connectivity index (χ0n) is 15.8. The number of aromatic nitrogens is 1. The topological polar surface area (TPSA) is 71.1 Å². The van der Waals surface area contributed by atoms with Crippen LogP contribution in [0.4, 0.5) is 11.4 Å². The number of benzene rings is 2. The van der Waals surface area contributed by atoms with Gasteiger partial charge in [-0.2, -0.15) is 0 Å². The van der Waals surface area contributed by atoms with Crippen molar-refractivity contribution >= 4 is 23.1 Å². The molecule has 1 heterocycles. The van der Waals surface area contributed by atoms with Gasteiger partial charge in [0.1, 0.15) is 5.69 Å². The van der Waals surface area contributed by atoms with Crippen molar-refractivity contribution in [2.75, 3.05) is 17.2 Å². The van der Waals surface area contributed by atoms with Gasteiger partial charge in [-0.3, -0.25) is 9.59 Å². The van der Waals surface area contributed by atoms with Gasteiger partial charge >= 0.3 is 0 Å². The molecule has 2 N–H and O–H groups in total. The van der Waals surface area contributed by atoms with Gasteiger partial charge in [-0.25, -0.2) is 4.98 Å². The Labute approximate surface area is 164 Å². The molecule has 5 heteroatoms. The summed E-state index contributed by atoms with van der Waals surface area (Å²) in [6.07, 6.45) is 3.70. The van der Waals surface area contributed by atoms with E-state index in [4.69, 9.17) is 0 Å². The van der Waals surface area contributed by atoms with Gasteiger partial charge in [0.05, 0.1) is 11.9 Å². The number of anilines is 2. The van der Waals surface area contributed by atoms with E-state index in [2.05, 4.69) is 27.8 Å². The summed E-state index contributed by atoms with van der Waals surface area (Å²) in [7, 11) is 0. The van der Waals surface area contributed by atoms with E-state index >= 15 is 0 Å². The van der Waals surface area contributed by atoms with Crippen molar-refractivity contribution in [1.82, 2.24) is 4.98 Å². The number of aryl methyl sites for hydroxylation is 1. The molecule has 0 aliphatic carbocycles. The molecule has 1 aromatic heterocycles. The van der Waals surface area contributed by atoms with Gasteiger partial charge in [0, 0.05) is 17.8 Å². The molecule has 3 rings (SSSR count). The average molecular weight is 373 g/mol. The highest BCUT2D eigenvalue weighted by Gasteiger charge is 2.08. The zero-order valence-corrected chi connectivity index (χ0v) is 15.8. The molecular formula is C23H23N3O2. The number of nitrogens with zero attached hydrogens (tertiary/aromatic N) is 1. The normalized spacial score (nSPS) is 10.3. The molecular weight excluding hydrogens is 350 g/mol. The predicted octanol–water partition coefficient (Wildman–Crippen LogP) is 4.58. The highest BCUT2D eigenvalue weighted by molar-refractivity contribution is 6.03. The first-order valence-corrected chi connectivity index (χ1v) is 9.28. The molecule has 142 valence electrons. The van der Waals surface area contributed by atoms with Gasteiger partial charge in [-0.05, 0) is 61.7 Å². The lowest BCUT2D eigenvalue weighted by atomic mass is 10.1. The Balaban J connectivity index is 1.47. The van der Waals surface area contributed by atoms with Crippen molar-refractivity contribution in [1.29, 1.82) is 0 Å². The van der Waals surface area contributed by atoms with E-state index in [1.807, 2.05) is 24.3 Å². The first-order chi connectivity index (χ1) is 13.6. The maximum atomic E-state index is 12.3. The van der Waals surface area contributed by atoms with Crippen LogP contribution in [0.25, 0.3) is 0 Å². The van der Waals surface area contributed by atoms with Gasteiger partial charge in [-0.1, -0.05) is 30.3 Å². The number of rotatable bonds is 8. The molecule has 2 aromatic carbocycles. The summed E-state index contributed by atoms with van der Waals surface area (Å²) in [5.41, 5.74) is 3.78. The molecule has 0 atom stereocenters. The van der Waals surface area contributed by atoms with E-state index in [0.29, 0.717) is 16.9 Å². The SMILES string of the molecule is CC(=O)c1ccc(NC(=O)c2ccc(NCCCc3ccccc3)cn2)cc1. The Morgan fingerprint density at radius 1 is 0.893 bits per heavy atom. The quantitative estimate of drug-likeness (QED) is 0.448. The van der Waals surface area contributed by atoms with E-state index in [0.717, 1.165) is 25.1 Å². The fourth-order valence-corrected chi connectivity index (χ4v) is 2.79. The molecule has 0 saturated heterocycles. The van der Waals surface area contributed by atoms with Gasteiger partial charge < -0.3 is 10.6 Å². The highest BCUT2D eigenvalue weighted by Crippen LogP contribution is 2.13. The van der Waals surface area contributed by atoms with Gasteiger partial charge in [0.25, 0.3) is 5.91 Å². The van der Waals surface area contributed by atoms with E-state index in [-0.39, 0.29) is 11.7 Å². The highest BCUT2D eigenvalue weighted by atomic mass is 16.2. The molecule has 0 radical (unpaired) electrons.